The lowest BCUT2D eigenvalue weighted by Crippen LogP contribution is -2.19. The zero-order chi connectivity index (χ0) is 19.5. The van der Waals surface area contributed by atoms with Gasteiger partial charge in [0, 0.05) is 40.3 Å². The highest BCUT2D eigenvalue weighted by molar-refractivity contribution is 6.16. The number of carbonyl (C=O) groups is 2. The van der Waals surface area contributed by atoms with Crippen LogP contribution in [0.3, 0.4) is 0 Å². The van der Waals surface area contributed by atoms with Crippen molar-refractivity contribution in [3.05, 3.63) is 89.7 Å². The van der Waals surface area contributed by atoms with Gasteiger partial charge in [0.05, 0.1) is 0 Å². The van der Waals surface area contributed by atoms with Crippen LogP contribution in [-0.2, 0) is 0 Å². The Labute approximate surface area is 161 Å². The third-order valence-electron chi connectivity index (χ3n) is 4.35. The van der Waals surface area contributed by atoms with E-state index in [-0.39, 0.29) is 11.8 Å². The van der Waals surface area contributed by atoms with E-state index in [2.05, 4.69) is 20.6 Å². The van der Waals surface area contributed by atoms with Crippen LogP contribution in [0, 0.1) is 6.92 Å². The number of hydrogen-bond acceptors (Lipinski definition) is 3. The van der Waals surface area contributed by atoms with Crippen LogP contribution in [-0.4, -0.2) is 21.8 Å². The summed E-state index contributed by atoms with van der Waals surface area (Å²) in [5.41, 5.74) is 3.99. The van der Waals surface area contributed by atoms with Crippen LogP contribution in [0.2, 0.25) is 0 Å². The number of fused-ring (bicyclic) bond motifs is 1. The van der Waals surface area contributed by atoms with Gasteiger partial charge in [-0.25, -0.2) is 9.78 Å². The molecule has 4 rings (SSSR count). The maximum atomic E-state index is 12.9. The van der Waals surface area contributed by atoms with Gasteiger partial charge < -0.3 is 15.6 Å². The van der Waals surface area contributed by atoms with Gasteiger partial charge in [-0.2, -0.15) is 0 Å². The van der Waals surface area contributed by atoms with Crippen molar-refractivity contribution in [2.45, 2.75) is 6.92 Å². The molecule has 0 bridgehead atoms. The average Bonchev–Trinajstić information content (AvgIpc) is 3.11. The fourth-order valence-electron chi connectivity index (χ4n) is 3.05. The van der Waals surface area contributed by atoms with Crippen molar-refractivity contribution in [3.63, 3.8) is 0 Å². The standard InChI is InChI=1S/C22H18N4O2/c1-14-5-2-7-16(11-14)25-22(28)26-17-8-3-6-15(12-17)20(27)19-13-24-21-18(19)9-4-10-23-21/h2-13H,1H3,(H,23,24)(H2,25,26,28). The zero-order valence-corrected chi connectivity index (χ0v) is 15.2. The number of H-pyrrole nitrogens is 1. The monoisotopic (exact) mass is 370 g/mol. The molecule has 0 aliphatic carbocycles. The fourth-order valence-corrected chi connectivity index (χ4v) is 3.05. The van der Waals surface area contributed by atoms with Crippen LogP contribution in [0.4, 0.5) is 16.2 Å². The van der Waals surface area contributed by atoms with Gasteiger partial charge in [0.1, 0.15) is 5.65 Å². The second-order valence-electron chi connectivity index (χ2n) is 6.46. The minimum absolute atomic E-state index is 0.137. The number of benzene rings is 2. The highest BCUT2D eigenvalue weighted by atomic mass is 16.2. The lowest BCUT2D eigenvalue weighted by Gasteiger charge is -2.09. The third kappa shape index (κ3) is 3.61. The van der Waals surface area contributed by atoms with Crippen molar-refractivity contribution in [2.24, 2.45) is 0 Å². The normalized spacial score (nSPS) is 10.6. The van der Waals surface area contributed by atoms with E-state index < -0.39 is 0 Å². The maximum absolute atomic E-state index is 12.9. The summed E-state index contributed by atoms with van der Waals surface area (Å²) in [7, 11) is 0. The number of urea groups is 1. The number of carbonyl (C=O) groups excluding carboxylic acids is 2. The summed E-state index contributed by atoms with van der Waals surface area (Å²) in [5, 5.41) is 6.32. The molecule has 4 aromatic rings. The summed E-state index contributed by atoms with van der Waals surface area (Å²) < 4.78 is 0. The molecule has 6 heteroatoms. The van der Waals surface area contributed by atoms with Crippen molar-refractivity contribution >= 4 is 34.2 Å². The summed E-state index contributed by atoms with van der Waals surface area (Å²) in [6.07, 6.45) is 3.33. The number of aryl methyl sites for hydroxylation is 1. The first-order valence-corrected chi connectivity index (χ1v) is 8.82. The Morgan fingerprint density at radius 3 is 2.46 bits per heavy atom. The van der Waals surface area contributed by atoms with E-state index in [0.717, 1.165) is 10.9 Å². The molecule has 6 nitrogen and oxygen atoms in total. The van der Waals surface area contributed by atoms with Crippen LogP contribution >= 0.6 is 0 Å². The van der Waals surface area contributed by atoms with Gasteiger partial charge in [-0.1, -0.05) is 24.3 Å². The van der Waals surface area contributed by atoms with Crippen LogP contribution in [0.25, 0.3) is 11.0 Å². The summed E-state index contributed by atoms with van der Waals surface area (Å²) in [6.45, 7) is 1.96. The number of aromatic amines is 1. The SMILES string of the molecule is Cc1cccc(NC(=O)Nc2cccc(C(=O)c3c[nH]c4ncccc34)c2)c1. The van der Waals surface area contributed by atoms with Crippen LogP contribution in [0.5, 0.6) is 0 Å². The Bertz CT molecular complexity index is 1180. The molecule has 0 saturated carbocycles. The molecule has 0 saturated heterocycles. The molecule has 0 unspecified atom stereocenters. The molecule has 0 spiro atoms. The van der Waals surface area contributed by atoms with Gasteiger partial charge in [0.2, 0.25) is 0 Å². The van der Waals surface area contributed by atoms with Crippen molar-refractivity contribution in [3.8, 4) is 0 Å². The number of ketones is 1. The van der Waals surface area contributed by atoms with E-state index in [4.69, 9.17) is 0 Å². The molecule has 3 N–H and O–H groups in total. The number of amides is 2. The first-order chi connectivity index (χ1) is 13.6. The molecule has 0 fully saturated rings. The molecule has 0 radical (unpaired) electrons. The molecule has 2 aromatic heterocycles. The van der Waals surface area contributed by atoms with Crippen LogP contribution < -0.4 is 10.6 Å². The van der Waals surface area contributed by atoms with E-state index in [1.165, 1.54) is 0 Å². The van der Waals surface area contributed by atoms with Gasteiger partial charge in [0.15, 0.2) is 5.78 Å². The number of rotatable bonds is 4. The van der Waals surface area contributed by atoms with Gasteiger partial charge in [0.25, 0.3) is 0 Å². The fraction of sp³-hybridized carbons (Fsp3) is 0.0455. The minimum atomic E-state index is -0.369. The van der Waals surface area contributed by atoms with Crippen LogP contribution in [0.1, 0.15) is 21.5 Å². The molecule has 0 atom stereocenters. The van der Waals surface area contributed by atoms with E-state index in [9.17, 15) is 9.59 Å². The molecule has 2 amide bonds. The average molecular weight is 370 g/mol. The first-order valence-electron chi connectivity index (χ1n) is 8.82. The quantitative estimate of drug-likeness (QED) is 0.453. The highest BCUT2D eigenvalue weighted by Gasteiger charge is 2.15. The Balaban J connectivity index is 1.52. The summed E-state index contributed by atoms with van der Waals surface area (Å²) in [5.74, 6) is -0.137. The second kappa shape index (κ2) is 7.36. The van der Waals surface area contributed by atoms with Crippen molar-refractivity contribution in [1.82, 2.24) is 9.97 Å². The Morgan fingerprint density at radius 1 is 0.929 bits per heavy atom. The Hall–Kier alpha value is -3.93. The number of anilines is 2. The van der Waals surface area contributed by atoms with Crippen molar-refractivity contribution < 1.29 is 9.59 Å². The molecule has 2 heterocycles. The van der Waals surface area contributed by atoms with E-state index in [0.29, 0.717) is 28.1 Å². The zero-order valence-electron chi connectivity index (χ0n) is 15.2. The molecule has 0 aliphatic heterocycles. The number of hydrogen-bond donors (Lipinski definition) is 3. The molecular weight excluding hydrogens is 352 g/mol. The Kier molecular flexibility index (Phi) is 4.60. The van der Waals surface area contributed by atoms with E-state index in [1.54, 1.807) is 42.7 Å². The number of nitrogens with one attached hydrogen (secondary N) is 3. The second-order valence-corrected chi connectivity index (χ2v) is 6.46. The number of aromatic nitrogens is 2. The lowest BCUT2D eigenvalue weighted by atomic mass is 10.0. The third-order valence-corrected chi connectivity index (χ3v) is 4.35. The topological polar surface area (TPSA) is 86.9 Å². The molecule has 2 aromatic carbocycles. The van der Waals surface area contributed by atoms with Gasteiger partial charge in [-0.3, -0.25) is 4.79 Å². The summed E-state index contributed by atoms with van der Waals surface area (Å²) >= 11 is 0. The summed E-state index contributed by atoms with van der Waals surface area (Å²) in [6, 6.07) is 17.7. The van der Waals surface area contributed by atoms with E-state index >= 15 is 0 Å². The number of pyridine rings is 1. The van der Waals surface area contributed by atoms with Gasteiger partial charge in [-0.05, 0) is 48.9 Å². The molecule has 28 heavy (non-hydrogen) atoms. The van der Waals surface area contributed by atoms with Crippen molar-refractivity contribution in [1.29, 1.82) is 0 Å². The smallest absolute Gasteiger partial charge is 0.323 e. The minimum Gasteiger partial charge on any atom is -0.345 e. The van der Waals surface area contributed by atoms with Crippen molar-refractivity contribution in [2.75, 3.05) is 10.6 Å². The van der Waals surface area contributed by atoms with E-state index in [1.807, 2.05) is 37.3 Å². The summed E-state index contributed by atoms with van der Waals surface area (Å²) in [4.78, 5) is 32.4. The first kappa shape index (κ1) is 17.5. The maximum Gasteiger partial charge on any atom is 0.323 e. The largest absolute Gasteiger partial charge is 0.345 e. The lowest BCUT2D eigenvalue weighted by molar-refractivity contribution is 0.104. The Morgan fingerprint density at radius 2 is 1.68 bits per heavy atom. The van der Waals surface area contributed by atoms with Crippen LogP contribution in [0.15, 0.2) is 73.1 Å². The predicted molar refractivity (Wildman–Crippen MR) is 110 cm³/mol. The predicted octanol–water partition coefficient (Wildman–Crippen LogP) is 4.75. The highest BCUT2D eigenvalue weighted by Crippen LogP contribution is 2.21. The van der Waals surface area contributed by atoms with Gasteiger partial charge in [-0.15, -0.1) is 0 Å². The number of nitrogens with zero attached hydrogens (tertiary/aromatic N) is 1. The molecule has 0 aliphatic rings. The molecular formula is C22H18N4O2. The van der Waals surface area contributed by atoms with Gasteiger partial charge >= 0.3 is 6.03 Å². The molecule has 138 valence electrons.